The zero-order valence-corrected chi connectivity index (χ0v) is 24.0. The highest BCUT2D eigenvalue weighted by molar-refractivity contribution is 5.83. The topological polar surface area (TPSA) is 141 Å². The van der Waals surface area contributed by atoms with E-state index in [1.54, 1.807) is 4.90 Å². The van der Waals surface area contributed by atoms with Crippen LogP contribution in [0, 0.1) is 11.3 Å². The number of ether oxygens (including phenoxy) is 3. The summed E-state index contributed by atoms with van der Waals surface area (Å²) >= 11 is 0. The second-order valence-corrected chi connectivity index (χ2v) is 13.3. The highest BCUT2D eigenvalue weighted by Gasteiger charge is 2.47. The minimum Gasteiger partial charge on any atom is -0.388 e. The number of nitrogens with zero attached hydrogens (tertiary/aromatic N) is 3. The summed E-state index contributed by atoms with van der Waals surface area (Å²) in [5, 5.41) is 24.6. The van der Waals surface area contributed by atoms with Crippen LogP contribution in [0.15, 0.2) is 0 Å². The monoisotopic (exact) mass is 566 g/mol. The first-order valence-corrected chi connectivity index (χ1v) is 14.8. The van der Waals surface area contributed by atoms with Crippen molar-refractivity contribution in [3.8, 4) is 0 Å². The molecule has 226 valence electrons. The number of morpholine rings is 1. The molecular weight excluding hydrogens is 520 g/mol. The van der Waals surface area contributed by atoms with Crippen LogP contribution in [-0.2, 0) is 28.6 Å². The third-order valence-corrected chi connectivity index (χ3v) is 8.74. The third-order valence-electron chi connectivity index (χ3n) is 8.74. The second kappa shape index (κ2) is 12.2. The quantitative estimate of drug-likeness (QED) is 0.383. The van der Waals surface area contributed by atoms with Gasteiger partial charge in [0.25, 0.3) is 0 Å². The SMILES string of the molecule is CC(C)(C)CN1C[C@@H]2C[C@H]1C(=O)N1CCO[C@H](CN(C(=O)C3CCOCC3)C[C@H]3O[C@@H](CC(=O)N2)[C@H](O)[C@@H]3O)C1. The minimum atomic E-state index is -1.25. The first-order chi connectivity index (χ1) is 19.0. The number of aliphatic hydroxyl groups is 2. The van der Waals surface area contributed by atoms with E-state index in [1.165, 1.54) is 0 Å². The number of carbonyl (C=O) groups is 3. The Morgan fingerprint density at radius 1 is 1.00 bits per heavy atom. The van der Waals surface area contributed by atoms with Gasteiger partial charge in [0.1, 0.15) is 18.3 Å². The Labute approximate surface area is 236 Å². The summed E-state index contributed by atoms with van der Waals surface area (Å²) in [5.41, 5.74) is -0.0400. The first-order valence-electron chi connectivity index (χ1n) is 14.8. The summed E-state index contributed by atoms with van der Waals surface area (Å²) in [7, 11) is 0. The maximum absolute atomic E-state index is 13.9. The highest BCUT2D eigenvalue weighted by Crippen LogP contribution is 2.29. The van der Waals surface area contributed by atoms with Gasteiger partial charge in [0.2, 0.25) is 17.7 Å². The van der Waals surface area contributed by atoms with Gasteiger partial charge in [0.15, 0.2) is 0 Å². The Morgan fingerprint density at radius 2 is 1.73 bits per heavy atom. The molecule has 0 unspecified atom stereocenters. The number of hydrogen-bond donors (Lipinski definition) is 3. The molecule has 5 aliphatic rings. The molecule has 12 heteroatoms. The molecule has 3 amide bonds. The Hall–Kier alpha value is -1.83. The number of nitrogens with one attached hydrogen (secondary N) is 1. The van der Waals surface area contributed by atoms with Gasteiger partial charge in [0.05, 0.1) is 31.3 Å². The lowest BCUT2D eigenvalue weighted by Gasteiger charge is -2.40. The molecule has 5 aliphatic heterocycles. The van der Waals surface area contributed by atoms with Crippen LogP contribution in [0.25, 0.3) is 0 Å². The van der Waals surface area contributed by atoms with Crippen molar-refractivity contribution in [1.29, 1.82) is 0 Å². The maximum Gasteiger partial charge on any atom is 0.240 e. The van der Waals surface area contributed by atoms with Crippen LogP contribution in [0.4, 0.5) is 0 Å². The fourth-order valence-electron chi connectivity index (χ4n) is 6.82. The van der Waals surface area contributed by atoms with Crippen molar-refractivity contribution in [3.63, 3.8) is 0 Å². The van der Waals surface area contributed by atoms with Crippen LogP contribution in [0.2, 0.25) is 0 Å². The molecule has 5 fully saturated rings. The minimum absolute atomic E-state index is 0.0259. The van der Waals surface area contributed by atoms with Crippen molar-refractivity contribution in [1.82, 2.24) is 20.0 Å². The lowest BCUT2D eigenvalue weighted by atomic mass is 9.95. The van der Waals surface area contributed by atoms with Gasteiger partial charge in [-0.3, -0.25) is 19.3 Å². The van der Waals surface area contributed by atoms with Gasteiger partial charge in [0, 0.05) is 64.4 Å². The zero-order chi connectivity index (χ0) is 28.6. The van der Waals surface area contributed by atoms with Crippen LogP contribution in [0.5, 0.6) is 0 Å². The summed E-state index contributed by atoms with van der Waals surface area (Å²) in [5.74, 6) is -0.553. The molecule has 7 atom stereocenters. The predicted octanol–water partition coefficient (Wildman–Crippen LogP) is -1.03. The van der Waals surface area contributed by atoms with Gasteiger partial charge in [-0.05, 0) is 24.7 Å². The van der Waals surface area contributed by atoms with Crippen molar-refractivity contribution >= 4 is 17.7 Å². The zero-order valence-electron chi connectivity index (χ0n) is 24.0. The molecule has 0 aromatic rings. The molecule has 0 aromatic heterocycles. The van der Waals surface area contributed by atoms with Crippen molar-refractivity contribution in [2.24, 2.45) is 11.3 Å². The average Bonchev–Trinajstić information content (AvgIpc) is 3.41. The fraction of sp³-hybridized carbons (Fsp3) is 0.893. The van der Waals surface area contributed by atoms with Gasteiger partial charge in [-0.25, -0.2) is 0 Å². The number of carbonyl (C=O) groups excluding carboxylic acids is 3. The fourth-order valence-corrected chi connectivity index (χ4v) is 6.82. The standard InChI is InChI=1S/C28H46N4O8/c1-28(2,3)16-32-12-18-10-20(32)27(37)30-6-9-39-19(13-30)14-31(26(36)17-4-7-38-8-5-17)15-22-25(35)24(34)21(40-22)11-23(33)29-18/h17-22,24-25,34-35H,4-16H2,1-3H3,(H,29,33)/t18-,19-,20-,21-,22+,24-,25+/m0/s1. The van der Waals surface area contributed by atoms with Crippen LogP contribution in [-0.4, -0.2) is 144 Å². The van der Waals surface area contributed by atoms with Crippen molar-refractivity contribution in [2.75, 3.05) is 59.1 Å². The Bertz CT molecular complexity index is 938. The average molecular weight is 567 g/mol. The molecule has 0 aliphatic carbocycles. The van der Waals surface area contributed by atoms with E-state index in [1.807, 2.05) is 4.90 Å². The largest absolute Gasteiger partial charge is 0.388 e. The van der Waals surface area contributed by atoms with E-state index in [0.717, 1.165) is 0 Å². The lowest BCUT2D eigenvalue weighted by molar-refractivity contribution is -0.150. The molecule has 0 aromatic carbocycles. The van der Waals surface area contributed by atoms with Gasteiger partial charge in [-0.2, -0.15) is 0 Å². The van der Waals surface area contributed by atoms with Crippen LogP contribution >= 0.6 is 0 Å². The van der Waals surface area contributed by atoms with Gasteiger partial charge in [-0.1, -0.05) is 20.8 Å². The first kappa shape index (κ1) is 29.7. The highest BCUT2D eigenvalue weighted by atomic mass is 16.5. The summed E-state index contributed by atoms with van der Waals surface area (Å²) < 4.78 is 17.5. The summed E-state index contributed by atoms with van der Waals surface area (Å²) in [6.45, 7) is 10.2. The van der Waals surface area contributed by atoms with Crippen molar-refractivity contribution < 1.29 is 38.8 Å². The number of likely N-dealkylation sites (tertiary alicyclic amines) is 1. The van der Waals surface area contributed by atoms with E-state index < -0.39 is 24.4 Å². The number of rotatable bonds is 2. The van der Waals surface area contributed by atoms with Gasteiger partial charge >= 0.3 is 0 Å². The summed E-state index contributed by atoms with van der Waals surface area (Å²) in [6.07, 6.45) is -3.00. The van der Waals surface area contributed by atoms with Gasteiger partial charge in [-0.15, -0.1) is 0 Å². The third kappa shape index (κ3) is 6.79. The van der Waals surface area contributed by atoms with Crippen molar-refractivity contribution in [3.05, 3.63) is 0 Å². The maximum atomic E-state index is 13.9. The molecule has 5 saturated heterocycles. The van der Waals surface area contributed by atoms with E-state index in [-0.39, 0.29) is 66.8 Å². The lowest BCUT2D eigenvalue weighted by Crippen LogP contribution is -2.56. The van der Waals surface area contributed by atoms with E-state index in [4.69, 9.17) is 14.2 Å². The molecule has 3 N–H and O–H groups in total. The van der Waals surface area contributed by atoms with Crippen molar-refractivity contribution in [2.45, 2.75) is 89.1 Å². The van der Waals surface area contributed by atoms with E-state index >= 15 is 0 Å². The molecule has 5 rings (SSSR count). The number of aliphatic hydroxyl groups excluding tert-OH is 2. The Kier molecular flexibility index (Phi) is 9.03. The van der Waals surface area contributed by atoms with Crippen LogP contribution in [0.3, 0.4) is 0 Å². The molecule has 0 saturated carbocycles. The summed E-state index contributed by atoms with van der Waals surface area (Å²) in [4.78, 5) is 46.3. The Morgan fingerprint density at radius 3 is 2.45 bits per heavy atom. The molecule has 0 radical (unpaired) electrons. The molecule has 40 heavy (non-hydrogen) atoms. The van der Waals surface area contributed by atoms with Crippen LogP contribution < -0.4 is 5.32 Å². The van der Waals surface area contributed by atoms with Crippen LogP contribution in [0.1, 0.15) is 46.5 Å². The molecule has 5 heterocycles. The number of hydrogen-bond acceptors (Lipinski definition) is 9. The number of fused-ring (bicyclic) bond motifs is 6. The van der Waals surface area contributed by atoms with E-state index in [9.17, 15) is 24.6 Å². The Balaban J connectivity index is 1.41. The van der Waals surface area contributed by atoms with E-state index in [0.29, 0.717) is 65.3 Å². The molecule has 6 bridgehead atoms. The molecule has 0 spiro atoms. The normalized spacial score (nSPS) is 37.1. The second-order valence-electron chi connectivity index (χ2n) is 13.3. The number of amides is 3. The molecular formula is C28H46N4O8. The molecule has 12 nitrogen and oxygen atoms in total. The van der Waals surface area contributed by atoms with E-state index in [2.05, 4.69) is 31.0 Å². The smallest absolute Gasteiger partial charge is 0.240 e. The van der Waals surface area contributed by atoms with Gasteiger partial charge < -0.3 is 39.5 Å². The predicted molar refractivity (Wildman–Crippen MR) is 143 cm³/mol. The summed E-state index contributed by atoms with van der Waals surface area (Å²) in [6, 6.07) is -0.573.